The maximum Gasteiger partial charge on any atom is 0.120 e. The molecule has 26 heavy (non-hydrogen) atoms. The van der Waals surface area contributed by atoms with Crippen LogP contribution in [0.1, 0.15) is 48.8 Å². The van der Waals surface area contributed by atoms with Gasteiger partial charge in [0.15, 0.2) is 0 Å². The van der Waals surface area contributed by atoms with Gasteiger partial charge in [0.05, 0.1) is 0 Å². The van der Waals surface area contributed by atoms with Gasteiger partial charge in [0, 0.05) is 23.9 Å². The quantitative estimate of drug-likeness (QED) is 0.825. The number of likely N-dealkylation sites (N-methyl/N-ethyl adjacent to an activating group) is 1. The van der Waals surface area contributed by atoms with Gasteiger partial charge in [-0.3, -0.25) is 4.98 Å². The summed E-state index contributed by atoms with van der Waals surface area (Å²) in [5, 5.41) is 0. The van der Waals surface area contributed by atoms with Crippen LogP contribution in [0.4, 0.5) is 0 Å². The zero-order chi connectivity index (χ0) is 17.6. The number of nitrogens with zero attached hydrogens (tertiary/aromatic N) is 2. The van der Waals surface area contributed by atoms with Crippen molar-refractivity contribution in [2.45, 2.75) is 56.6 Å². The summed E-state index contributed by atoms with van der Waals surface area (Å²) in [7, 11) is 2.33. The fourth-order valence-corrected chi connectivity index (χ4v) is 5.91. The highest BCUT2D eigenvalue weighted by molar-refractivity contribution is 5.45. The molecule has 2 heterocycles. The smallest absolute Gasteiger partial charge is 0.120 e. The zero-order valence-corrected chi connectivity index (χ0v) is 15.7. The Kier molecular flexibility index (Phi) is 4.00. The maximum atomic E-state index is 6.16. The first-order chi connectivity index (χ1) is 12.8. The molecule has 3 aliphatic rings. The van der Waals surface area contributed by atoms with Gasteiger partial charge >= 0.3 is 0 Å². The first-order valence-electron chi connectivity index (χ1n) is 10.1. The molecule has 2 fully saturated rings. The Morgan fingerprint density at radius 2 is 2.04 bits per heavy atom. The molecule has 3 heteroatoms. The second-order valence-corrected chi connectivity index (χ2v) is 8.47. The third kappa shape index (κ3) is 2.56. The van der Waals surface area contributed by atoms with Gasteiger partial charge in [0.1, 0.15) is 12.4 Å². The molecule has 2 bridgehead atoms. The Morgan fingerprint density at radius 3 is 2.92 bits per heavy atom. The predicted octanol–water partition coefficient (Wildman–Crippen LogP) is 4.35. The van der Waals surface area contributed by atoms with Crippen LogP contribution in [0.15, 0.2) is 42.7 Å². The van der Waals surface area contributed by atoms with Gasteiger partial charge in [-0.05, 0) is 86.1 Å². The number of hydrogen-bond acceptors (Lipinski definition) is 3. The van der Waals surface area contributed by atoms with E-state index >= 15 is 0 Å². The number of fused-ring (bicyclic) bond motifs is 1. The van der Waals surface area contributed by atoms with Crippen LogP contribution in [-0.2, 0) is 18.4 Å². The summed E-state index contributed by atoms with van der Waals surface area (Å²) < 4.78 is 6.16. The third-order valence-corrected chi connectivity index (χ3v) is 7.24. The Labute approximate surface area is 156 Å². The largest absolute Gasteiger partial charge is 0.489 e. The zero-order valence-electron chi connectivity index (χ0n) is 15.7. The lowest BCUT2D eigenvalue weighted by molar-refractivity contribution is 0.00270. The molecule has 0 N–H and O–H groups in total. The number of ether oxygens (including phenoxy) is 1. The van der Waals surface area contributed by atoms with Gasteiger partial charge in [-0.15, -0.1) is 0 Å². The van der Waals surface area contributed by atoms with Crippen LogP contribution in [0.2, 0.25) is 0 Å². The standard InChI is InChI=1S/C23H28N2O/c1-25-13-10-23-9-3-2-4-20(23)22(25)14-18-5-6-19(15-21(18)23)26-16-17-7-11-24-12-8-17/h5-8,11-12,15,20,22H,2-4,9-10,13-14,16H2,1H3/t20-,22+,23+/m1/s1. The molecule has 1 aliphatic heterocycles. The monoisotopic (exact) mass is 348 g/mol. The molecule has 1 aromatic carbocycles. The number of piperidine rings is 1. The molecular weight excluding hydrogens is 320 g/mol. The molecule has 5 rings (SSSR count). The molecule has 0 radical (unpaired) electrons. The molecule has 1 aromatic heterocycles. The molecule has 2 aliphatic carbocycles. The van der Waals surface area contributed by atoms with E-state index in [0.717, 1.165) is 17.7 Å². The Bertz CT molecular complexity index is 790. The van der Waals surface area contributed by atoms with Gasteiger partial charge in [-0.1, -0.05) is 18.9 Å². The molecule has 0 unspecified atom stereocenters. The van der Waals surface area contributed by atoms with Crippen molar-refractivity contribution in [2.24, 2.45) is 5.92 Å². The molecule has 3 atom stereocenters. The van der Waals surface area contributed by atoms with E-state index in [9.17, 15) is 0 Å². The number of pyridine rings is 1. The summed E-state index contributed by atoms with van der Waals surface area (Å²) in [6.07, 6.45) is 11.7. The van der Waals surface area contributed by atoms with E-state index in [0.29, 0.717) is 12.0 Å². The number of benzene rings is 1. The lowest BCUT2D eigenvalue weighted by atomic mass is 9.52. The minimum atomic E-state index is 0.402. The molecular formula is C23H28N2O. The van der Waals surface area contributed by atoms with Crippen molar-refractivity contribution in [3.05, 3.63) is 59.4 Å². The molecule has 1 saturated carbocycles. The Hall–Kier alpha value is -1.87. The topological polar surface area (TPSA) is 25.4 Å². The average molecular weight is 348 g/mol. The van der Waals surface area contributed by atoms with Crippen molar-refractivity contribution in [1.29, 1.82) is 0 Å². The summed E-state index contributed by atoms with van der Waals surface area (Å²) in [6.45, 7) is 1.85. The van der Waals surface area contributed by atoms with E-state index in [1.165, 1.54) is 50.6 Å². The van der Waals surface area contributed by atoms with Crippen molar-refractivity contribution in [3.63, 3.8) is 0 Å². The molecule has 2 aromatic rings. The van der Waals surface area contributed by atoms with Gasteiger partial charge in [0.25, 0.3) is 0 Å². The van der Waals surface area contributed by atoms with Crippen LogP contribution in [0, 0.1) is 5.92 Å². The summed E-state index contributed by atoms with van der Waals surface area (Å²) in [6, 6.07) is 11.7. The van der Waals surface area contributed by atoms with E-state index in [1.807, 2.05) is 24.5 Å². The second-order valence-electron chi connectivity index (χ2n) is 8.47. The summed E-state index contributed by atoms with van der Waals surface area (Å²) in [5.41, 5.74) is 4.75. The molecule has 1 saturated heterocycles. The van der Waals surface area contributed by atoms with Crippen molar-refractivity contribution < 1.29 is 4.74 Å². The predicted molar refractivity (Wildman–Crippen MR) is 103 cm³/mol. The van der Waals surface area contributed by atoms with E-state index in [2.05, 4.69) is 35.1 Å². The summed E-state index contributed by atoms with van der Waals surface area (Å²) >= 11 is 0. The molecule has 136 valence electrons. The number of aromatic nitrogens is 1. The first kappa shape index (κ1) is 16.3. The SMILES string of the molecule is CN1CC[C@@]23CCCC[C@@H]2[C@@H]1Cc1ccc(OCc2ccncc2)cc13. The third-order valence-electron chi connectivity index (χ3n) is 7.24. The fourth-order valence-electron chi connectivity index (χ4n) is 5.91. The Morgan fingerprint density at radius 1 is 1.15 bits per heavy atom. The minimum Gasteiger partial charge on any atom is -0.489 e. The van der Waals surface area contributed by atoms with E-state index in [1.54, 1.807) is 11.1 Å². The van der Waals surface area contributed by atoms with Gasteiger partial charge in [-0.25, -0.2) is 0 Å². The molecule has 0 spiro atoms. The van der Waals surface area contributed by atoms with Crippen LogP contribution in [0.25, 0.3) is 0 Å². The van der Waals surface area contributed by atoms with Crippen molar-refractivity contribution in [2.75, 3.05) is 13.6 Å². The van der Waals surface area contributed by atoms with E-state index in [4.69, 9.17) is 4.74 Å². The highest BCUT2D eigenvalue weighted by Gasteiger charge is 2.53. The molecule has 3 nitrogen and oxygen atoms in total. The number of rotatable bonds is 3. The average Bonchev–Trinajstić information content (AvgIpc) is 2.70. The van der Waals surface area contributed by atoms with Crippen LogP contribution in [0.3, 0.4) is 0 Å². The van der Waals surface area contributed by atoms with Gasteiger partial charge in [-0.2, -0.15) is 0 Å². The first-order valence-corrected chi connectivity index (χ1v) is 10.1. The van der Waals surface area contributed by atoms with E-state index < -0.39 is 0 Å². The van der Waals surface area contributed by atoms with Crippen molar-refractivity contribution in [3.8, 4) is 5.75 Å². The summed E-state index contributed by atoms with van der Waals surface area (Å²) in [5.74, 6) is 1.86. The van der Waals surface area contributed by atoms with Crippen molar-refractivity contribution in [1.82, 2.24) is 9.88 Å². The number of hydrogen-bond donors (Lipinski definition) is 0. The van der Waals surface area contributed by atoms with Crippen LogP contribution in [-0.4, -0.2) is 29.5 Å². The summed E-state index contributed by atoms with van der Waals surface area (Å²) in [4.78, 5) is 6.71. The number of likely N-dealkylation sites (tertiary alicyclic amines) is 1. The second kappa shape index (κ2) is 6.38. The van der Waals surface area contributed by atoms with Crippen LogP contribution >= 0.6 is 0 Å². The minimum absolute atomic E-state index is 0.402. The maximum absolute atomic E-state index is 6.16. The van der Waals surface area contributed by atoms with Gasteiger partial charge < -0.3 is 9.64 Å². The highest BCUT2D eigenvalue weighted by atomic mass is 16.5. The van der Waals surface area contributed by atoms with Crippen LogP contribution < -0.4 is 4.74 Å². The Balaban J connectivity index is 1.47. The lowest BCUT2D eigenvalue weighted by Crippen LogP contribution is -2.59. The normalized spacial score (nSPS) is 30.3. The molecule has 0 amide bonds. The lowest BCUT2D eigenvalue weighted by Gasteiger charge is -2.58. The highest BCUT2D eigenvalue weighted by Crippen LogP contribution is 2.55. The van der Waals surface area contributed by atoms with Crippen molar-refractivity contribution >= 4 is 0 Å². The van der Waals surface area contributed by atoms with Crippen LogP contribution in [0.5, 0.6) is 5.75 Å². The van der Waals surface area contributed by atoms with E-state index in [-0.39, 0.29) is 0 Å². The van der Waals surface area contributed by atoms with Gasteiger partial charge in [0.2, 0.25) is 0 Å². The fraction of sp³-hybridized carbons (Fsp3) is 0.522.